The zero-order chi connectivity index (χ0) is 16.0. The van der Waals surface area contributed by atoms with E-state index in [1.165, 1.54) is 31.4 Å². The number of benzene rings is 1. The lowest BCUT2D eigenvalue weighted by Gasteiger charge is -2.23. The minimum absolute atomic E-state index is 0.217. The summed E-state index contributed by atoms with van der Waals surface area (Å²) in [6.07, 6.45) is -0.284. The third-order valence-corrected chi connectivity index (χ3v) is 3.62. The molecule has 1 aromatic carbocycles. The summed E-state index contributed by atoms with van der Waals surface area (Å²) in [5.74, 6) is 0.872. The molecule has 0 aliphatic heterocycles. The Balaban J connectivity index is 1.70. The normalized spacial score (nSPS) is 16.2. The molecule has 1 fully saturated rings. The van der Waals surface area contributed by atoms with Crippen LogP contribution in [0.3, 0.4) is 0 Å². The maximum Gasteiger partial charge on any atom is 0.573 e. The molecule has 0 bridgehead atoms. The summed E-state index contributed by atoms with van der Waals surface area (Å²) < 4.78 is 39.9. The second-order valence-corrected chi connectivity index (χ2v) is 5.39. The van der Waals surface area contributed by atoms with Crippen LogP contribution in [0.25, 0.3) is 0 Å². The third-order valence-electron chi connectivity index (χ3n) is 3.62. The van der Waals surface area contributed by atoms with Gasteiger partial charge < -0.3 is 15.8 Å². The lowest BCUT2D eigenvalue weighted by molar-refractivity contribution is -0.274. The number of aliphatic imine (C=N–C) groups is 1. The maximum atomic E-state index is 12.0. The minimum atomic E-state index is -4.66. The van der Waals surface area contributed by atoms with E-state index in [9.17, 15) is 13.2 Å². The molecule has 0 unspecified atom stereocenters. The molecule has 0 heterocycles. The van der Waals surface area contributed by atoms with Crippen molar-refractivity contribution in [2.45, 2.75) is 32.0 Å². The van der Waals surface area contributed by atoms with Gasteiger partial charge in [0.2, 0.25) is 0 Å². The van der Waals surface area contributed by atoms with Crippen LogP contribution in [-0.4, -0.2) is 25.4 Å². The van der Waals surface area contributed by atoms with Gasteiger partial charge in [0.15, 0.2) is 5.96 Å². The first-order valence-corrected chi connectivity index (χ1v) is 7.31. The van der Waals surface area contributed by atoms with E-state index >= 15 is 0 Å². The van der Waals surface area contributed by atoms with Crippen molar-refractivity contribution in [3.8, 4) is 5.75 Å². The van der Waals surface area contributed by atoms with E-state index in [1.807, 2.05) is 0 Å². The molecule has 22 heavy (non-hydrogen) atoms. The van der Waals surface area contributed by atoms with Crippen LogP contribution >= 0.6 is 0 Å². The number of rotatable bonds is 6. The summed E-state index contributed by atoms with van der Waals surface area (Å²) in [4.78, 5) is 4.27. The van der Waals surface area contributed by atoms with Crippen LogP contribution < -0.4 is 15.8 Å². The van der Waals surface area contributed by atoms with Gasteiger partial charge in [-0.1, -0.05) is 18.6 Å². The quantitative estimate of drug-likeness (QED) is 0.627. The number of hydrogen-bond acceptors (Lipinski definition) is 2. The number of nitrogens with zero attached hydrogens (tertiary/aromatic N) is 1. The Morgan fingerprint density at radius 2 is 1.95 bits per heavy atom. The number of ether oxygens (including phenoxy) is 1. The van der Waals surface area contributed by atoms with Crippen molar-refractivity contribution < 1.29 is 17.9 Å². The highest BCUT2D eigenvalue weighted by Gasteiger charge is 2.30. The van der Waals surface area contributed by atoms with Crippen molar-refractivity contribution in [3.05, 3.63) is 29.8 Å². The molecule has 3 N–H and O–H groups in total. The molecule has 0 amide bonds. The van der Waals surface area contributed by atoms with Crippen molar-refractivity contribution in [2.24, 2.45) is 16.6 Å². The molecule has 4 nitrogen and oxygen atoms in total. The molecule has 122 valence electrons. The molecule has 0 spiro atoms. The Morgan fingerprint density at radius 1 is 1.27 bits per heavy atom. The molecule has 1 saturated carbocycles. The lowest BCUT2D eigenvalue weighted by Crippen LogP contribution is -2.34. The Kier molecular flexibility index (Phi) is 5.51. The van der Waals surface area contributed by atoms with Crippen LogP contribution in [0.2, 0.25) is 0 Å². The zero-order valence-electron chi connectivity index (χ0n) is 12.2. The van der Waals surface area contributed by atoms with Gasteiger partial charge in [-0.3, -0.25) is 4.99 Å². The first kappa shape index (κ1) is 16.5. The Bertz CT molecular complexity index is 496. The predicted octanol–water partition coefficient (Wildman–Crippen LogP) is 2.83. The number of hydrogen-bond donors (Lipinski definition) is 2. The molecule has 0 saturated heterocycles. The number of guanidine groups is 1. The number of alkyl halides is 3. The monoisotopic (exact) mass is 315 g/mol. The van der Waals surface area contributed by atoms with E-state index in [1.54, 1.807) is 12.1 Å². The molecular weight excluding hydrogens is 295 g/mol. The molecule has 1 aliphatic rings. The van der Waals surface area contributed by atoms with E-state index in [0.29, 0.717) is 24.8 Å². The van der Waals surface area contributed by atoms with Crippen LogP contribution in [0.15, 0.2) is 29.3 Å². The van der Waals surface area contributed by atoms with Crippen molar-refractivity contribution in [2.75, 3.05) is 13.1 Å². The van der Waals surface area contributed by atoms with E-state index in [2.05, 4.69) is 15.0 Å². The van der Waals surface area contributed by atoms with Crippen LogP contribution in [0, 0.1) is 5.92 Å². The molecule has 2 rings (SSSR count). The fourth-order valence-corrected chi connectivity index (χ4v) is 2.15. The van der Waals surface area contributed by atoms with E-state index < -0.39 is 6.36 Å². The predicted molar refractivity (Wildman–Crippen MR) is 78.7 cm³/mol. The van der Waals surface area contributed by atoms with E-state index in [-0.39, 0.29) is 5.75 Å². The summed E-state index contributed by atoms with van der Waals surface area (Å²) in [7, 11) is 0. The molecule has 0 atom stereocenters. The summed E-state index contributed by atoms with van der Waals surface area (Å²) in [6, 6.07) is 5.81. The first-order chi connectivity index (χ1) is 10.4. The second kappa shape index (κ2) is 7.38. The van der Waals surface area contributed by atoms with Gasteiger partial charge in [0.05, 0.1) is 0 Å². The lowest BCUT2D eigenvalue weighted by atomic mass is 9.86. The summed E-state index contributed by atoms with van der Waals surface area (Å²) in [6.45, 7) is 1.35. The van der Waals surface area contributed by atoms with Crippen LogP contribution in [0.1, 0.15) is 24.8 Å². The smallest absolute Gasteiger partial charge is 0.406 e. The van der Waals surface area contributed by atoms with Gasteiger partial charge in [0, 0.05) is 13.1 Å². The van der Waals surface area contributed by atoms with Gasteiger partial charge in [-0.2, -0.15) is 0 Å². The van der Waals surface area contributed by atoms with Crippen LogP contribution in [0.4, 0.5) is 13.2 Å². The highest BCUT2D eigenvalue weighted by Crippen LogP contribution is 2.26. The van der Waals surface area contributed by atoms with E-state index in [4.69, 9.17) is 5.73 Å². The van der Waals surface area contributed by atoms with Crippen LogP contribution in [0.5, 0.6) is 5.75 Å². The zero-order valence-corrected chi connectivity index (χ0v) is 12.2. The Hall–Kier alpha value is -1.92. The minimum Gasteiger partial charge on any atom is -0.406 e. The molecule has 0 radical (unpaired) electrons. The fourth-order valence-electron chi connectivity index (χ4n) is 2.15. The van der Waals surface area contributed by atoms with Crippen molar-refractivity contribution in [1.82, 2.24) is 5.32 Å². The highest BCUT2D eigenvalue weighted by molar-refractivity contribution is 5.77. The van der Waals surface area contributed by atoms with Crippen molar-refractivity contribution in [1.29, 1.82) is 0 Å². The Labute approximate surface area is 127 Å². The third kappa shape index (κ3) is 5.83. The standard InChI is InChI=1S/C15H20F3N3O/c16-15(17,18)22-13-6-4-11(5-7-13)8-9-20-14(19)21-10-12-2-1-3-12/h4-7,12H,1-3,8-10H2,(H3,19,20,21). The average molecular weight is 315 g/mol. The molecule has 1 aliphatic carbocycles. The fraction of sp³-hybridized carbons (Fsp3) is 0.533. The molecular formula is C15H20F3N3O. The van der Waals surface area contributed by atoms with Crippen molar-refractivity contribution in [3.63, 3.8) is 0 Å². The highest BCUT2D eigenvalue weighted by atomic mass is 19.4. The second-order valence-electron chi connectivity index (χ2n) is 5.39. The summed E-state index contributed by atoms with van der Waals surface area (Å²) >= 11 is 0. The number of nitrogens with one attached hydrogen (secondary N) is 1. The molecule has 0 aromatic heterocycles. The van der Waals surface area contributed by atoms with Gasteiger partial charge in [-0.25, -0.2) is 0 Å². The van der Waals surface area contributed by atoms with Crippen LogP contribution in [-0.2, 0) is 6.42 Å². The van der Waals surface area contributed by atoms with Crippen molar-refractivity contribution >= 4 is 5.96 Å². The topological polar surface area (TPSA) is 59.6 Å². The summed E-state index contributed by atoms with van der Waals surface area (Å²) in [5.41, 5.74) is 6.65. The van der Waals surface area contributed by atoms with Gasteiger partial charge >= 0.3 is 6.36 Å². The van der Waals surface area contributed by atoms with Gasteiger partial charge in [-0.05, 0) is 42.9 Å². The average Bonchev–Trinajstić information content (AvgIpc) is 2.37. The summed E-state index contributed by atoms with van der Waals surface area (Å²) in [5, 5.41) is 3.00. The SMILES string of the molecule is NC(=NCC1CCC1)NCCc1ccc(OC(F)(F)F)cc1. The maximum absolute atomic E-state index is 12.0. The molecule has 7 heteroatoms. The van der Waals surface area contributed by atoms with Gasteiger partial charge in [-0.15, -0.1) is 13.2 Å². The Morgan fingerprint density at radius 3 is 2.50 bits per heavy atom. The van der Waals surface area contributed by atoms with E-state index in [0.717, 1.165) is 12.1 Å². The first-order valence-electron chi connectivity index (χ1n) is 7.31. The molecule has 1 aromatic rings. The largest absolute Gasteiger partial charge is 0.573 e. The number of nitrogens with two attached hydrogens (primary N) is 1. The van der Waals surface area contributed by atoms with Gasteiger partial charge in [0.1, 0.15) is 5.75 Å². The number of halogens is 3. The van der Waals surface area contributed by atoms with Gasteiger partial charge in [0.25, 0.3) is 0 Å².